The molecular weight excluding hydrogens is 306 g/mol. The molecule has 0 aliphatic carbocycles. The predicted molar refractivity (Wildman–Crippen MR) is 66.9 cm³/mol. The molecule has 0 saturated carbocycles. The molecule has 8 heteroatoms. The zero-order valence-electron chi connectivity index (χ0n) is 8.79. The number of hydrogen-bond donors (Lipinski definition) is 1. The Bertz CT molecular complexity index is 539. The second-order valence-electron chi connectivity index (χ2n) is 2.86. The number of nitrogens with zero attached hydrogens (tertiary/aromatic N) is 4. The van der Waals surface area contributed by atoms with Crippen molar-refractivity contribution in [2.45, 2.75) is 10.2 Å². The summed E-state index contributed by atoms with van der Waals surface area (Å²) in [6.45, 7) is 0. The molecule has 0 aliphatic rings. The minimum Gasteiger partial charge on any atom is -0.467 e. The molecule has 0 aromatic carbocycles. The molecule has 0 amide bonds. The van der Waals surface area contributed by atoms with Crippen molar-refractivity contribution in [3.05, 3.63) is 22.8 Å². The molecule has 2 N–H and O–H groups in total. The monoisotopic (exact) mass is 313 g/mol. The van der Waals surface area contributed by atoms with Gasteiger partial charge >= 0.3 is 6.01 Å². The molecule has 0 unspecified atom stereocenters. The molecule has 17 heavy (non-hydrogen) atoms. The number of halogens is 1. The zero-order chi connectivity index (χ0) is 12.3. The quantitative estimate of drug-likeness (QED) is 0.924. The first-order chi connectivity index (χ1) is 8.19. The van der Waals surface area contributed by atoms with Crippen molar-refractivity contribution in [1.29, 1.82) is 0 Å². The standard InChI is InChI=1S/C9H8BrN5OS/c1-16-8-13-7(11)14-9(15-8)17-6-5(10)3-2-4-12-6/h2-4H,1H3,(H2,11,13,14,15). The number of methoxy groups -OCH3 is 1. The molecule has 0 saturated heterocycles. The van der Waals surface area contributed by atoms with Gasteiger partial charge in [0.05, 0.1) is 11.6 Å². The Kier molecular flexibility index (Phi) is 3.75. The molecular formula is C9H8BrN5OS. The predicted octanol–water partition coefficient (Wildman–Crippen LogP) is 1.77. The van der Waals surface area contributed by atoms with Crippen molar-refractivity contribution in [2.24, 2.45) is 0 Å². The number of anilines is 1. The van der Waals surface area contributed by atoms with Crippen LogP contribution in [0.4, 0.5) is 5.95 Å². The third kappa shape index (κ3) is 3.04. The number of aromatic nitrogens is 4. The van der Waals surface area contributed by atoms with Gasteiger partial charge in [-0.1, -0.05) is 0 Å². The average Bonchev–Trinajstić information content (AvgIpc) is 2.31. The van der Waals surface area contributed by atoms with E-state index in [9.17, 15) is 0 Å². The van der Waals surface area contributed by atoms with Crippen molar-refractivity contribution in [3.8, 4) is 6.01 Å². The minimum atomic E-state index is 0.117. The molecule has 2 rings (SSSR count). The van der Waals surface area contributed by atoms with E-state index in [0.29, 0.717) is 5.16 Å². The maximum atomic E-state index is 5.54. The van der Waals surface area contributed by atoms with Gasteiger partial charge in [-0.05, 0) is 39.8 Å². The van der Waals surface area contributed by atoms with Gasteiger partial charge in [-0.2, -0.15) is 15.0 Å². The summed E-state index contributed by atoms with van der Waals surface area (Å²) in [5.41, 5.74) is 5.54. The highest BCUT2D eigenvalue weighted by molar-refractivity contribution is 9.10. The number of nitrogens with two attached hydrogens (primary N) is 1. The fourth-order valence-electron chi connectivity index (χ4n) is 1.02. The molecule has 88 valence electrons. The Balaban J connectivity index is 2.30. The Labute approximate surface area is 110 Å². The molecule has 0 spiro atoms. The van der Waals surface area contributed by atoms with Crippen LogP contribution in [-0.4, -0.2) is 27.0 Å². The third-order valence-electron chi connectivity index (χ3n) is 1.71. The van der Waals surface area contributed by atoms with Crippen LogP contribution in [0.3, 0.4) is 0 Å². The second-order valence-corrected chi connectivity index (χ2v) is 4.67. The molecule has 6 nitrogen and oxygen atoms in total. The van der Waals surface area contributed by atoms with Gasteiger partial charge in [0.25, 0.3) is 0 Å². The van der Waals surface area contributed by atoms with Crippen molar-refractivity contribution in [3.63, 3.8) is 0 Å². The van der Waals surface area contributed by atoms with Crippen molar-refractivity contribution in [1.82, 2.24) is 19.9 Å². The molecule has 2 heterocycles. The van der Waals surface area contributed by atoms with Crippen molar-refractivity contribution in [2.75, 3.05) is 12.8 Å². The van der Waals surface area contributed by atoms with Crippen LogP contribution in [0.1, 0.15) is 0 Å². The first-order valence-electron chi connectivity index (χ1n) is 4.53. The lowest BCUT2D eigenvalue weighted by Gasteiger charge is -2.03. The fourth-order valence-corrected chi connectivity index (χ4v) is 2.24. The highest BCUT2D eigenvalue weighted by atomic mass is 79.9. The van der Waals surface area contributed by atoms with E-state index >= 15 is 0 Å². The van der Waals surface area contributed by atoms with E-state index in [2.05, 4.69) is 35.9 Å². The topological polar surface area (TPSA) is 86.8 Å². The Morgan fingerprint density at radius 1 is 1.35 bits per heavy atom. The van der Waals surface area contributed by atoms with Crippen LogP contribution in [0.2, 0.25) is 0 Å². The van der Waals surface area contributed by atoms with Crippen LogP contribution in [0, 0.1) is 0 Å². The Hall–Kier alpha value is -1.41. The Morgan fingerprint density at radius 3 is 2.88 bits per heavy atom. The van der Waals surface area contributed by atoms with Crippen LogP contribution in [0.25, 0.3) is 0 Å². The first kappa shape index (κ1) is 12.1. The molecule has 0 radical (unpaired) electrons. The van der Waals surface area contributed by atoms with Crippen molar-refractivity contribution < 1.29 is 4.74 Å². The number of pyridine rings is 1. The number of rotatable bonds is 3. The molecule has 2 aromatic rings. The van der Waals surface area contributed by atoms with Gasteiger partial charge in [-0.25, -0.2) is 4.98 Å². The van der Waals surface area contributed by atoms with Crippen LogP contribution >= 0.6 is 27.7 Å². The minimum absolute atomic E-state index is 0.117. The lowest BCUT2D eigenvalue weighted by Crippen LogP contribution is -2.02. The number of hydrogen-bond acceptors (Lipinski definition) is 7. The maximum absolute atomic E-state index is 5.54. The Morgan fingerprint density at radius 2 is 2.18 bits per heavy atom. The summed E-state index contributed by atoms with van der Waals surface area (Å²) in [5.74, 6) is 0.117. The number of nitrogen functional groups attached to an aromatic ring is 1. The fraction of sp³-hybridized carbons (Fsp3) is 0.111. The summed E-state index contributed by atoms with van der Waals surface area (Å²) in [7, 11) is 1.47. The summed E-state index contributed by atoms with van der Waals surface area (Å²) in [6.07, 6.45) is 1.69. The second kappa shape index (κ2) is 5.28. The van der Waals surface area contributed by atoms with Gasteiger partial charge in [0.15, 0.2) is 0 Å². The molecule has 0 bridgehead atoms. The van der Waals surface area contributed by atoms with Gasteiger partial charge < -0.3 is 10.5 Å². The van der Waals surface area contributed by atoms with E-state index in [4.69, 9.17) is 10.5 Å². The maximum Gasteiger partial charge on any atom is 0.321 e. The van der Waals surface area contributed by atoms with Crippen LogP contribution in [0.5, 0.6) is 6.01 Å². The smallest absolute Gasteiger partial charge is 0.321 e. The van der Waals surface area contributed by atoms with E-state index in [1.165, 1.54) is 18.9 Å². The van der Waals surface area contributed by atoms with Gasteiger partial charge in [0.1, 0.15) is 5.03 Å². The van der Waals surface area contributed by atoms with Crippen LogP contribution in [-0.2, 0) is 0 Å². The average molecular weight is 314 g/mol. The summed E-state index contributed by atoms with van der Waals surface area (Å²) >= 11 is 4.67. The normalized spacial score (nSPS) is 10.2. The van der Waals surface area contributed by atoms with E-state index < -0.39 is 0 Å². The first-order valence-corrected chi connectivity index (χ1v) is 6.14. The summed E-state index contributed by atoms with van der Waals surface area (Å²) < 4.78 is 5.78. The van der Waals surface area contributed by atoms with Crippen molar-refractivity contribution >= 4 is 33.6 Å². The molecule has 2 aromatic heterocycles. The summed E-state index contributed by atoms with van der Waals surface area (Å²) in [4.78, 5) is 16.1. The SMILES string of the molecule is COc1nc(N)nc(Sc2ncccc2Br)n1. The van der Waals surface area contributed by atoms with Crippen LogP contribution < -0.4 is 10.5 Å². The van der Waals surface area contributed by atoms with E-state index in [1.807, 2.05) is 12.1 Å². The van der Waals surface area contributed by atoms with E-state index in [1.54, 1.807) is 6.20 Å². The highest BCUT2D eigenvalue weighted by Gasteiger charge is 2.09. The lowest BCUT2D eigenvalue weighted by atomic mass is 10.5. The van der Waals surface area contributed by atoms with Gasteiger partial charge in [0.2, 0.25) is 11.1 Å². The van der Waals surface area contributed by atoms with Gasteiger partial charge in [-0.15, -0.1) is 0 Å². The van der Waals surface area contributed by atoms with Gasteiger partial charge in [0, 0.05) is 6.20 Å². The third-order valence-corrected chi connectivity index (χ3v) is 3.49. The highest BCUT2D eigenvalue weighted by Crippen LogP contribution is 2.29. The largest absolute Gasteiger partial charge is 0.467 e. The van der Waals surface area contributed by atoms with E-state index in [-0.39, 0.29) is 12.0 Å². The summed E-state index contributed by atoms with van der Waals surface area (Å²) in [5, 5.41) is 1.19. The van der Waals surface area contributed by atoms with Crippen LogP contribution in [0.15, 0.2) is 33.0 Å². The molecule has 0 aliphatic heterocycles. The molecule has 0 fully saturated rings. The van der Waals surface area contributed by atoms with Gasteiger partial charge in [-0.3, -0.25) is 0 Å². The number of ether oxygens (including phenoxy) is 1. The summed E-state index contributed by atoms with van der Waals surface area (Å²) in [6, 6.07) is 3.90. The molecule has 0 atom stereocenters. The van der Waals surface area contributed by atoms with E-state index in [0.717, 1.165) is 9.50 Å². The lowest BCUT2D eigenvalue weighted by molar-refractivity contribution is 0.374. The zero-order valence-corrected chi connectivity index (χ0v) is 11.2.